The number of hydrogen-bond acceptors (Lipinski definition) is 2. The van der Waals surface area contributed by atoms with Crippen molar-refractivity contribution in [1.82, 2.24) is 0 Å². The van der Waals surface area contributed by atoms with Crippen LogP contribution in [0.5, 0.6) is 5.75 Å². The van der Waals surface area contributed by atoms with Crippen molar-refractivity contribution < 1.29 is 9.84 Å². The molecule has 1 rings (SSSR count). The fourth-order valence-electron chi connectivity index (χ4n) is 0.871. The second kappa shape index (κ2) is 3.92. The molecule has 0 heterocycles. The van der Waals surface area contributed by atoms with Gasteiger partial charge in [0.05, 0.1) is 13.7 Å². The van der Waals surface area contributed by atoms with Gasteiger partial charge in [-0.05, 0) is 40.8 Å². The summed E-state index contributed by atoms with van der Waals surface area (Å²) < 4.78 is 6.13. The standard InChI is InChI=1S/C8H9IO2/c1-11-8-3-2-7(9)4-6(8)5-10/h2-4,10H,5H2,1H3. The van der Waals surface area contributed by atoms with E-state index in [1.807, 2.05) is 18.2 Å². The first-order chi connectivity index (χ1) is 5.27. The lowest BCUT2D eigenvalue weighted by Crippen LogP contribution is -1.91. The minimum atomic E-state index is 0.0278. The zero-order valence-electron chi connectivity index (χ0n) is 6.17. The van der Waals surface area contributed by atoms with E-state index in [2.05, 4.69) is 22.6 Å². The third kappa shape index (κ3) is 2.07. The largest absolute Gasteiger partial charge is 0.496 e. The van der Waals surface area contributed by atoms with E-state index in [1.54, 1.807) is 7.11 Å². The van der Waals surface area contributed by atoms with Crippen molar-refractivity contribution in [3.05, 3.63) is 27.3 Å². The van der Waals surface area contributed by atoms with E-state index in [4.69, 9.17) is 9.84 Å². The summed E-state index contributed by atoms with van der Waals surface area (Å²) in [5.41, 5.74) is 0.833. The number of ether oxygens (including phenoxy) is 1. The van der Waals surface area contributed by atoms with E-state index in [0.717, 1.165) is 14.9 Å². The Labute approximate surface area is 79.3 Å². The summed E-state index contributed by atoms with van der Waals surface area (Å²) in [6, 6.07) is 5.70. The van der Waals surface area contributed by atoms with Crippen LogP contribution in [-0.4, -0.2) is 12.2 Å². The molecule has 0 aliphatic carbocycles. The van der Waals surface area contributed by atoms with Crippen molar-refractivity contribution in [3.8, 4) is 5.75 Å². The number of aliphatic hydroxyl groups excluding tert-OH is 1. The molecule has 0 amide bonds. The van der Waals surface area contributed by atoms with Crippen LogP contribution in [0.2, 0.25) is 0 Å². The minimum Gasteiger partial charge on any atom is -0.496 e. The zero-order valence-corrected chi connectivity index (χ0v) is 8.33. The van der Waals surface area contributed by atoms with Gasteiger partial charge >= 0.3 is 0 Å². The summed E-state index contributed by atoms with van der Waals surface area (Å²) in [5, 5.41) is 8.89. The van der Waals surface area contributed by atoms with Crippen molar-refractivity contribution in [2.45, 2.75) is 6.61 Å². The summed E-state index contributed by atoms with van der Waals surface area (Å²) in [6.07, 6.45) is 0. The average Bonchev–Trinajstić information content (AvgIpc) is 2.04. The normalized spacial score (nSPS) is 9.73. The molecular formula is C8H9IO2. The number of hydrogen-bond donors (Lipinski definition) is 1. The van der Waals surface area contributed by atoms with Crippen molar-refractivity contribution in [2.24, 2.45) is 0 Å². The molecule has 0 aliphatic rings. The molecule has 0 spiro atoms. The van der Waals surface area contributed by atoms with Gasteiger partial charge in [0.2, 0.25) is 0 Å². The van der Waals surface area contributed by atoms with Gasteiger partial charge in [0.15, 0.2) is 0 Å². The van der Waals surface area contributed by atoms with Crippen molar-refractivity contribution in [2.75, 3.05) is 7.11 Å². The predicted octanol–water partition coefficient (Wildman–Crippen LogP) is 1.79. The minimum absolute atomic E-state index is 0.0278. The number of aliphatic hydroxyl groups is 1. The summed E-state index contributed by atoms with van der Waals surface area (Å²) in [5.74, 6) is 0.743. The average molecular weight is 264 g/mol. The molecule has 0 bridgehead atoms. The van der Waals surface area contributed by atoms with Gasteiger partial charge in [-0.1, -0.05) is 0 Å². The molecule has 0 aromatic heterocycles. The Hall–Kier alpha value is -0.290. The Morgan fingerprint density at radius 3 is 2.82 bits per heavy atom. The highest BCUT2D eigenvalue weighted by Crippen LogP contribution is 2.20. The topological polar surface area (TPSA) is 29.5 Å². The molecular weight excluding hydrogens is 255 g/mol. The maximum Gasteiger partial charge on any atom is 0.124 e. The molecule has 0 saturated heterocycles. The van der Waals surface area contributed by atoms with Gasteiger partial charge in [0, 0.05) is 9.13 Å². The zero-order chi connectivity index (χ0) is 8.27. The van der Waals surface area contributed by atoms with Crippen LogP contribution >= 0.6 is 22.6 Å². The molecule has 0 radical (unpaired) electrons. The van der Waals surface area contributed by atoms with Gasteiger partial charge in [0.1, 0.15) is 5.75 Å². The van der Waals surface area contributed by atoms with E-state index in [9.17, 15) is 0 Å². The summed E-state index contributed by atoms with van der Waals surface area (Å²) in [4.78, 5) is 0. The molecule has 1 aromatic rings. The molecule has 0 aliphatic heterocycles. The van der Waals surface area contributed by atoms with Crippen LogP contribution in [0.25, 0.3) is 0 Å². The van der Waals surface area contributed by atoms with E-state index in [-0.39, 0.29) is 6.61 Å². The van der Waals surface area contributed by atoms with Gasteiger partial charge in [-0.3, -0.25) is 0 Å². The van der Waals surface area contributed by atoms with E-state index < -0.39 is 0 Å². The fraction of sp³-hybridized carbons (Fsp3) is 0.250. The van der Waals surface area contributed by atoms with Crippen LogP contribution in [0.1, 0.15) is 5.56 Å². The number of rotatable bonds is 2. The van der Waals surface area contributed by atoms with Crippen LogP contribution in [0, 0.1) is 3.57 Å². The third-order valence-electron chi connectivity index (χ3n) is 1.41. The van der Waals surface area contributed by atoms with Crippen LogP contribution in [-0.2, 0) is 6.61 Å². The summed E-state index contributed by atoms with van der Waals surface area (Å²) in [6.45, 7) is 0.0278. The van der Waals surface area contributed by atoms with Crippen molar-refractivity contribution in [1.29, 1.82) is 0 Å². The highest BCUT2D eigenvalue weighted by molar-refractivity contribution is 14.1. The van der Waals surface area contributed by atoms with Crippen LogP contribution in [0.3, 0.4) is 0 Å². The van der Waals surface area contributed by atoms with Gasteiger partial charge in [-0.15, -0.1) is 0 Å². The Balaban J connectivity index is 3.06. The quantitative estimate of drug-likeness (QED) is 0.825. The molecule has 0 unspecified atom stereocenters. The van der Waals surface area contributed by atoms with Gasteiger partial charge in [0.25, 0.3) is 0 Å². The van der Waals surface area contributed by atoms with Crippen molar-refractivity contribution in [3.63, 3.8) is 0 Å². The molecule has 0 atom stereocenters. The molecule has 1 N–H and O–H groups in total. The van der Waals surface area contributed by atoms with Gasteiger partial charge < -0.3 is 9.84 Å². The van der Waals surface area contributed by atoms with E-state index >= 15 is 0 Å². The lowest BCUT2D eigenvalue weighted by Gasteiger charge is -2.05. The van der Waals surface area contributed by atoms with Crippen LogP contribution in [0.15, 0.2) is 18.2 Å². The number of methoxy groups -OCH3 is 1. The Morgan fingerprint density at radius 2 is 2.27 bits per heavy atom. The molecule has 0 fully saturated rings. The Morgan fingerprint density at radius 1 is 1.55 bits per heavy atom. The summed E-state index contributed by atoms with van der Waals surface area (Å²) >= 11 is 2.20. The van der Waals surface area contributed by atoms with Gasteiger partial charge in [-0.2, -0.15) is 0 Å². The Bertz CT molecular complexity index is 248. The second-order valence-corrected chi connectivity index (χ2v) is 3.36. The predicted molar refractivity (Wildman–Crippen MR) is 51.6 cm³/mol. The monoisotopic (exact) mass is 264 g/mol. The smallest absolute Gasteiger partial charge is 0.124 e. The molecule has 2 nitrogen and oxygen atoms in total. The highest BCUT2D eigenvalue weighted by atomic mass is 127. The maximum absolute atomic E-state index is 8.89. The van der Waals surface area contributed by atoms with E-state index in [1.165, 1.54) is 0 Å². The number of halogens is 1. The first kappa shape index (κ1) is 8.80. The molecule has 60 valence electrons. The molecule has 1 aromatic carbocycles. The Kier molecular flexibility index (Phi) is 3.14. The lowest BCUT2D eigenvalue weighted by atomic mass is 10.2. The van der Waals surface area contributed by atoms with Crippen molar-refractivity contribution >= 4 is 22.6 Å². The van der Waals surface area contributed by atoms with Crippen LogP contribution in [0.4, 0.5) is 0 Å². The fourth-order valence-corrected chi connectivity index (χ4v) is 1.43. The number of benzene rings is 1. The third-order valence-corrected chi connectivity index (χ3v) is 2.08. The first-order valence-corrected chi connectivity index (χ1v) is 4.29. The SMILES string of the molecule is COc1ccc(I)cc1CO. The highest BCUT2D eigenvalue weighted by Gasteiger charge is 2.00. The summed E-state index contributed by atoms with van der Waals surface area (Å²) in [7, 11) is 1.60. The lowest BCUT2D eigenvalue weighted by molar-refractivity contribution is 0.273. The van der Waals surface area contributed by atoms with Gasteiger partial charge in [-0.25, -0.2) is 0 Å². The molecule has 3 heteroatoms. The maximum atomic E-state index is 8.89. The first-order valence-electron chi connectivity index (χ1n) is 3.21. The molecule has 0 saturated carbocycles. The van der Waals surface area contributed by atoms with E-state index in [0.29, 0.717) is 0 Å². The molecule has 11 heavy (non-hydrogen) atoms. The van der Waals surface area contributed by atoms with Crippen LogP contribution < -0.4 is 4.74 Å². The second-order valence-electron chi connectivity index (χ2n) is 2.11.